The maximum atomic E-state index is 14.1. The monoisotopic (exact) mass is 379 g/mol. The van der Waals surface area contributed by atoms with Gasteiger partial charge in [-0.25, -0.2) is 17.5 Å². The summed E-state index contributed by atoms with van der Waals surface area (Å²) >= 11 is 3.18. The summed E-state index contributed by atoms with van der Waals surface area (Å²) in [6, 6.07) is 3.29. The van der Waals surface area contributed by atoms with Crippen LogP contribution in [0, 0.1) is 5.82 Å². The largest absolute Gasteiger partial charge is 0.326 e. The molecule has 1 aliphatic rings. The number of nitrogens with zero attached hydrogens (tertiary/aromatic N) is 1. The van der Waals surface area contributed by atoms with Crippen LogP contribution in [0.1, 0.15) is 18.4 Å². The fourth-order valence-electron chi connectivity index (χ4n) is 2.09. The van der Waals surface area contributed by atoms with E-state index < -0.39 is 15.8 Å². The minimum absolute atomic E-state index is 0.0573. The summed E-state index contributed by atoms with van der Waals surface area (Å²) in [6.45, 7) is 0.792. The second-order valence-electron chi connectivity index (χ2n) is 5.19. The van der Waals surface area contributed by atoms with Crippen molar-refractivity contribution in [1.82, 2.24) is 9.62 Å². The van der Waals surface area contributed by atoms with Gasteiger partial charge in [0, 0.05) is 35.7 Å². The Morgan fingerprint density at radius 3 is 2.71 bits per heavy atom. The van der Waals surface area contributed by atoms with Gasteiger partial charge < -0.3 is 10.6 Å². The van der Waals surface area contributed by atoms with Crippen LogP contribution in [0.25, 0.3) is 0 Å². The van der Waals surface area contributed by atoms with E-state index in [2.05, 4.69) is 25.6 Å². The zero-order valence-corrected chi connectivity index (χ0v) is 14.2. The van der Waals surface area contributed by atoms with Crippen LogP contribution in [0.4, 0.5) is 4.39 Å². The van der Waals surface area contributed by atoms with E-state index in [-0.39, 0.29) is 23.5 Å². The average Bonchev–Trinajstić information content (AvgIpc) is 3.24. The van der Waals surface area contributed by atoms with E-state index in [1.165, 1.54) is 12.1 Å². The summed E-state index contributed by atoms with van der Waals surface area (Å²) in [5.41, 5.74) is 5.60. The lowest BCUT2D eigenvalue weighted by Gasteiger charge is -2.16. The van der Waals surface area contributed by atoms with Gasteiger partial charge in [-0.15, -0.1) is 0 Å². The van der Waals surface area contributed by atoms with Crippen molar-refractivity contribution >= 4 is 26.0 Å². The molecule has 0 saturated heterocycles. The van der Waals surface area contributed by atoms with E-state index in [0.717, 1.165) is 12.8 Å². The van der Waals surface area contributed by atoms with Gasteiger partial charge in [-0.05, 0) is 32.0 Å². The Morgan fingerprint density at radius 2 is 2.14 bits per heavy atom. The second-order valence-corrected chi connectivity index (χ2v) is 7.84. The van der Waals surface area contributed by atoms with Crippen molar-refractivity contribution in [3.05, 3.63) is 28.0 Å². The standard InChI is InChI=1S/C13H19BrFN3O2S/c1-18(11-2-3-11)5-4-17-21(19,20)12-7-10(14)6-9(8-16)13(12)15/h6-7,11,17H,2-5,8,16H2,1H3. The first-order valence-electron chi connectivity index (χ1n) is 6.73. The van der Waals surface area contributed by atoms with Crippen LogP contribution >= 0.6 is 15.9 Å². The fourth-order valence-corrected chi connectivity index (χ4v) is 3.92. The normalized spacial score (nSPS) is 15.7. The number of nitrogens with one attached hydrogen (secondary N) is 1. The van der Waals surface area contributed by atoms with Gasteiger partial charge >= 0.3 is 0 Å². The van der Waals surface area contributed by atoms with E-state index in [0.29, 0.717) is 17.1 Å². The molecule has 0 aromatic heterocycles. The summed E-state index contributed by atoms with van der Waals surface area (Å²) in [7, 11) is -1.93. The first-order chi connectivity index (χ1) is 9.85. The molecule has 1 aromatic rings. The minimum Gasteiger partial charge on any atom is -0.326 e. The predicted molar refractivity (Wildman–Crippen MR) is 82.8 cm³/mol. The van der Waals surface area contributed by atoms with E-state index in [4.69, 9.17) is 5.73 Å². The molecule has 1 aliphatic carbocycles. The highest BCUT2D eigenvalue weighted by Crippen LogP contribution is 2.25. The van der Waals surface area contributed by atoms with Crippen molar-refractivity contribution in [2.45, 2.75) is 30.3 Å². The quantitative estimate of drug-likeness (QED) is 0.750. The van der Waals surface area contributed by atoms with Gasteiger partial charge in [-0.2, -0.15) is 0 Å². The number of hydrogen-bond acceptors (Lipinski definition) is 4. The molecule has 0 spiro atoms. The summed E-state index contributed by atoms with van der Waals surface area (Å²) < 4.78 is 41.5. The molecule has 1 fully saturated rings. The number of sulfonamides is 1. The molecule has 0 bridgehead atoms. The van der Waals surface area contributed by atoms with Crippen LogP contribution in [0.3, 0.4) is 0 Å². The molecular weight excluding hydrogens is 361 g/mol. The van der Waals surface area contributed by atoms with Crippen LogP contribution in [0.2, 0.25) is 0 Å². The zero-order chi connectivity index (χ0) is 15.6. The topological polar surface area (TPSA) is 75.4 Å². The lowest BCUT2D eigenvalue weighted by molar-refractivity contribution is 0.329. The molecular formula is C13H19BrFN3O2S. The molecule has 118 valence electrons. The maximum Gasteiger partial charge on any atom is 0.243 e. The molecule has 8 heteroatoms. The molecule has 0 amide bonds. The lowest BCUT2D eigenvalue weighted by atomic mass is 10.2. The highest BCUT2D eigenvalue weighted by Gasteiger charge is 2.26. The van der Waals surface area contributed by atoms with Gasteiger partial charge in [0.05, 0.1) is 0 Å². The van der Waals surface area contributed by atoms with Crippen molar-refractivity contribution in [2.24, 2.45) is 5.73 Å². The van der Waals surface area contributed by atoms with Crippen molar-refractivity contribution < 1.29 is 12.8 Å². The highest BCUT2D eigenvalue weighted by molar-refractivity contribution is 9.10. The molecule has 1 aromatic carbocycles. The van der Waals surface area contributed by atoms with Crippen molar-refractivity contribution in [1.29, 1.82) is 0 Å². The predicted octanol–water partition coefficient (Wildman–Crippen LogP) is 1.42. The highest BCUT2D eigenvalue weighted by atomic mass is 79.9. The van der Waals surface area contributed by atoms with E-state index in [9.17, 15) is 12.8 Å². The molecule has 2 rings (SSSR count). The summed E-state index contributed by atoms with van der Waals surface area (Å²) in [5, 5.41) is 0. The molecule has 0 aliphatic heterocycles. The van der Waals surface area contributed by atoms with Crippen molar-refractivity contribution in [2.75, 3.05) is 20.1 Å². The Hall–Kier alpha value is -0.540. The third-order valence-corrected chi connectivity index (χ3v) is 5.43. The Bertz CT molecular complexity index is 620. The number of rotatable bonds is 7. The van der Waals surface area contributed by atoms with Crippen LogP contribution < -0.4 is 10.5 Å². The lowest BCUT2D eigenvalue weighted by Crippen LogP contribution is -2.34. The first kappa shape index (κ1) is 16.8. The number of likely N-dealkylation sites (N-methyl/N-ethyl adjacent to an activating group) is 1. The van der Waals surface area contributed by atoms with Crippen molar-refractivity contribution in [3.63, 3.8) is 0 Å². The number of halogens is 2. The molecule has 1 saturated carbocycles. The van der Waals surface area contributed by atoms with E-state index in [1.807, 2.05) is 7.05 Å². The van der Waals surface area contributed by atoms with Crippen LogP contribution in [-0.2, 0) is 16.6 Å². The Labute approximate surface area is 132 Å². The van der Waals surface area contributed by atoms with Crippen LogP contribution in [-0.4, -0.2) is 39.5 Å². The van der Waals surface area contributed by atoms with E-state index >= 15 is 0 Å². The fraction of sp³-hybridized carbons (Fsp3) is 0.538. The van der Waals surface area contributed by atoms with Gasteiger partial charge in [0.15, 0.2) is 0 Å². The summed E-state index contributed by atoms with van der Waals surface area (Å²) in [4.78, 5) is 1.73. The van der Waals surface area contributed by atoms with Gasteiger partial charge in [0.1, 0.15) is 10.7 Å². The summed E-state index contributed by atoms with van der Waals surface area (Å²) in [6.07, 6.45) is 2.31. The molecule has 0 radical (unpaired) electrons. The van der Waals surface area contributed by atoms with Gasteiger partial charge in [-0.3, -0.25) is 0 Å². The number of hydrogen-bond donors (Lipinski definition) is 2. The molecule has 5 nitrogen and oxygen atoms in total. The average molecular weight is 380 g/mol. The van der Waals surface area contributed by atoms with Crippen LogP contribution in [0.15, 0.2) is 21.5 Å². The zero-order valence-electron chi connectivity index (χ0n) is 11.8. The number of benzene rings is 1. The molecule has 0 heterocycles. The maximum absolute atomic E-state index is 14.1. The second kappa shape index (κ2) is 6.70. The van der Waals surface area contributed by atoms with Gasteiger partial charge in [0.25, 0.3) is 0 Å². The molecule has 3 N–H and O–H groups in total. The SMILES string of the molecule is CN(CCNS(=O)(=O)c1cc(Br)cc(CN)c1F)C1CC1. The van der Waals surface area contributed by atoms with Gasteiger partial charge in [0.2, 0.25) is 10.0 Å². The minimum atomic E-state index is -3.88. The van der Waals surface area contributed by atoms with Crippen LogP contribution in [0.5, 0.6) is 0 Å². The Morgan fingerprint density at radius 1 is 1.48 bits per heavy atom. The third kappa shape index (κ3) is 4.23. The Kier molecular flexibility index (Phi) is 5.37. The summed E-state index contributed by atoms with van der Waals surface area (Å²) in [5.74, 6) is -0.788. The first-order valence-corrected chi connectivity index (χ1v) is 9.00. The van der Waals surface area contributed by atoms with E-state index in [1.54, 1.807) is 0 Å². The molecule has 0 unspecified atom stereocenters. The smallest absolute Gasteiger partial charge is 0.243 e. The molecule has 21 heavy (non-hydrogen) atoms. The Balaban J connectivity index is 2.09. The number of nitrogens with two attached hydrogens (primary N) is 1. The van der Waals surface area contributed by atoms with Gasteiger partial charge in [-0.1, -0.05) is 15.9 Å². The third-order valence-electron chi connectivity index (χ3n) is 3.52. The molecule has 0 atom stereocenters. The van der Waals surface area contributed by atoms with Crippen molar-refractivity contribution in [3.8, 4) is 0 Å².